The first-order valence-electron chi connectivity index (χ1n) is 9.92. The van der Waals surface area contributed by atoms with Crippen molar-refractivity contribution in [1.82, 2.24) is 9.29 Å². The molecule has 1 aromatic heterocycles. The van der Waals surface area contributed by atoms with Crippen molar-refractivity contribution in [2.24, 2.45) is 5.73 Å². The maximum Gasteiger partial charge on any atom is 0.252 e. The molecule has 0 saturated carbocycles. The van der Waals surface area contributed by atoms with Gasteiger partial charge in [-0.3, -0.25) is 9.78 Å². The number of primary amides is 1. The zero-order valence-corrected chi connectivity index (χ0v) is 18.2. The van der Waals surface area contributed by atoms with Crippen LogP contribution < -0.4 is 11.1 Å². The third kappa shape index (κ3) is 4.12. The molecule has 0 unspecified atom stereocenters. The summed E-state index contributed by atoms with van der Waals surface area (Å²) in [6, 6.07) is 10.8. The summed E-state index contributed by atoms with van der Waals surface area (Å²) >= 11 is 0. The van der Waals surface area contributed by atoms with E-state index in [1.54, 1.807) is 19.1 Å². The summed E-state index contributed by atoms with van der Waals surface area (Å²) < 4.78 is 33.2. The molecule has 0 atom stereocenters. The van der Waals surface area contributed by atoms with Gasteiger partial charge in [-0.1, -0.05) is 12.1 Å². The van der Waals surface area contributed by atoms with E-state index < -0.39 is 15.9 Å². The third-order valence-electron chi connectivity index (χ3n) is 5.30. The van der Waals surface area contributed by atoms with Crippen molar-refractivity contribution >= 4 is 38.2 Å². The Bertz CT molecular complexity index is 1270. The van der Waals surface area contributed by atoms with E-state index in [0.29, 0.717) is 48.5 Å². The molecule has 0 bridgehead atoms. The zero-order valence-electron chi connectivity index (χ0n) is 17.4. The number of benzene rings is 2. The standard InChI is InChI=1S/C22H24N4O4S/c1-14-4-3-5-16(10-14)25-21-18-12-17(31(28,29)26-6-8-30-9-7-26)11-15(2)20(18)24-13-19(21)22(23)27/h3-5,10-13H,6-9H2,1-2H3,(H2,23,27)(H,24,25). The lowest BCUT2D eigenvalue weighted by Crippen LogP contribution is -2.40. The molecule has 1 fully saturated rings. The van der Waals surface area contributed by atoms with Gasteiger partial charge in [0, 0.05) is 30.4 Å². The predicted molar refractivity (Wildman–Crippen MR) is 119 cm³/mol. The van der Waals surface area contributed by atoms with Crippen LogP contribution in [-0.4, -0.2) is 49.9 Å². The number of pyridine rings is 1. The molecule has 3 aromatic rings. The second-order valence-electron chi connectivity index (χ2n) is 7.56. The molecule has 4 rings (SSSR count). The van der Waals surface area contributed by atoms with Gasteiger partial charge in [0.1, 0.15) is 0 Å². The maximum absolute atomic E-state index is 13.3. The van der Waals surface area contributed by atoms with Gasteiger partial charge in [-0.05, 0) is 49.2 Å². The molecule has 1 aliphatic rings. The van der Waals surface area contributed by atoms with E-state index >= 15 is 0 Å². The molecule has 9 heteroatoms. The van der Waals surface area contributed by atoms with Gasteiger partial charge in [-0.25, -0.2) is 8.42 Å². The fraction of sp³-hybridized carbons (Fsp3) is 0.273. The SMILES string of the molecule is Cc1cccc(Nc2c(C(N)=O)cnc3c(C)cc(S(=O)(=O)N4CCOCC4)cc23)c1. The van der Waals surface area contributed by atoms with Crippen LogP contribution in [0, 0.1) is 13.8 Å². The highest BCUT2D eigenvalue weighted by Crippen LogP contribution is 2.33. The van der Waals surface area contributed by atoms with Crippen molar-refractivity contribution in [3.63, 3.8) is 0 Å². The zero-order chi connectivity index (χ0) is 22.2. The molecule has 8 nitrogen and oxygen atoms in total. The van der Waals surface area contributed by atoms with E-state index in [1.807, 2.05) is 31.2 Å². The number of aryl methyl sites for hydroxylation is 2. The number of carbonyl (C=O) groups is 1. The first-order chi connectivity index (χ1) is 14.8. The highest BCUT2D eigenvalue weighted by Gasteiger charge is 2.28. The molecule has 162 valence electrons. The van der Waals surface area contributed by atoms with Crippen molar-refractivity contribution in [2.75, 3.05) is 31.6 Å². The van der Waals surface area contributed by atoms with Crippen molar-refractivity contribution in [3.8, 4) is 0 Å². The second kappa shape index (κ2) is 8.26. The molecular formula is C22H24N4O4S. The quantitative estimate of drug-likeness (QED) is 0.630. The Kier molecular flexibility index (Phi) is 5.65. The Morgan fingerprint density at radius 3 is 2.58 bits per heavy atom. The van der Waals surface area contributed by atoms with Crippen molar-refractivity contribution in [3.05, 3.63) is 59.3 Å². The molecule has 1 amide bonds. The first kappa shape index (κ1) is 21.2. The number of amides is 1. The molecule has 1 aliphatic heterocycles. The molecule has 3 N–H and O–H groups in total. The Labute approximate surface area is 181 Å². The number of anilines is 2. The number of sulfonamides is 1. The summed E-state index contributed by atoms with van der Waals surface area (Å²) in [5.74, 6) is -0.649. The number of nitrogens with two attached hydrogens (primary N) is 1. The van der Waals surface area contributed by atoms with Crippen molar-refractivity contribution < 1.29 is 17.9 Å². The van der Waals surface area contributed by atoms with E-state index in [4.69, 9.17) is 10.5 Å². The van der Waals surface area contributed by atoms with E-state index in [0.717, 1.165) is 11.3 Å². The smallest absolute Gasteiger partial charge is 0.252 e. The van der Waals surface area contributed by atoms with Gasteiger partial charge in [0.15, 0.2) is 0 Å². The lowest BCUT2D eigenvalue weighted by molar-refractivity contribution is 0.0730. The van der Waals surface area contributed by atoms with Gasteiger partial charge >= 0.3 is 0 Å². The molecule has 2 aromatic carbocycles. The normalized spacial score (nSPS) is 15.2. The third-order valence-corrected chi connectivity index (χ3v) is 7.17. The number of fused-ring (bicyclic) bond motifs is 1. The lowest BCUT2D eigenvalue weighted by Gasteiger charge is -2.26. The van der Waals surface area contributed by atoms with Crippen LogP contribution in [0.1, 0.15) is 21.5 Å². The number of carbonyl (C=O) groups excluding carboxylic acids is 1. The molecule has 1 saturated heterocycles. The highest BCUT2D eigenvalue weighted by molar-refractivity contribution is 7.89. The Morgan fingerprint density at radius 2 is 1.90 bits per heavy atom. The molecule has 2 heterocycles. The van der Waals surface area contributed by atoms with Gasteiger partial charge in [-0.2, -0.15) is 4.31 Å². The minimum atomic E-state index is -3.72. The number of aromatic nitrogens is 1. The van der Waals surface area contributed by atoms with E-state index in [1.165, 1.54) is 10.5 Å². The lowest BCUT2D eigenvalue weighted by atomic mass is 10.0. The average Bonchev–Trinajstić information content (AvgIpc) is 2.74. The predicted octanol–water partition coefficient (Wildman–Crippen LogP) is 2.72. The number of morpholine rings is 1. The topological polar surface area (TPSA) is 115 Å². The van der Waals surface area contributed by atoms with Crippen molar-refractivity contribution in [1.29, 1.82) is 0 Å². The maximum atomic E-state index is 13.3. The number of ether oxygens (including phenoxy) is 1. The van der Waals surface area contributed by atoms with E-state index in [9.17, 15) is 13.2 Å². The number of nitrogens with one attached hydrogen (secondary N) is 1. The average molecular weight is 441 g/mol. The van der Waals surface area contributed by atoms with Gasteiger partial charge in [-0.15, -0.1) is 0 Å². The summed E-state index contributed by atoms with van der Waals surface area (Å²) in [5, 5.41) is 3.77. The van der Waals surface area contributed by atoms with Crippen LogP contribution in [0.15, 0.2) is 47.5 Å². The number of rotatable bonds is 5. The molecular weight excluding hydrogens is 416 g/mol. The van der Waals surface area contributed by atoms with Crippen LogP contribution in [0.3, 0.4) is 0 Å². The van der Waals surface area contributed by atoms with Crippen LogP contribution in [-0.2, 0) is 14.8 Å². The minimum Gasteiger partial charge on any atom is -0.379 e. The Hall–Kier alpha value is -3.01. The number of nitrogens with zero attached hydrogens (tertiary/aromatic N) is 2. The van der Waals surface area contributed by atoms with Crippen LogP contribution in [0.4, 0.5) is 11.4 Å². The largest absolute Gasteiger partial charge is 0.379 e. The molecule has 31 heavy (non-hydrogen) atoms. The summed E-state index contributed by atoms with van der Waals surface area (Å²) in [6.07, 6.45) is 1.42. The van der Waals surface area contributed by atoms with Gasteiger partial charge in [0.25, 0.3) is 5.91 Å². The van der Waals surface area contributed by atoms with Gasteiger partial charge in [0.2, 0.25) is 10.0 Å². The molecule has 0 spiro atoms. The molecule has 0 radical (unpaired) electrons. The highest BCUT2D eigenvalue weighted by atomic mass is 32.2. The van der Waals surface area contributed by atoms with Gasteiger partial charge in [0.05, 0.1) is 34.9 Å². The first-order valence-corrected chi connectivity index (χ1v) is 11.4. The van der Waals surface area contributed by atoms with E-state index in [-0.39, 0.29) is 10.5 Å². The minimum absolute atomic E-state index is 0.148. The number of hydrogen-bond acceptors (Lipinski definition) is 6. The van der Waals surface area contributed by atoms with Crippen LogP contribution in [0.2, 0.25) is 0 Å². The fourth-order valence-electron chi connectivity index (χ4n) is 3.72. The molecule has 0 aliphatic carbocycles. The summed E-state index contributed by atoms with van der Waals surface area (Å²) in [4.78, 5) is 16.7. The van der Waals surface area contributed by atoms with Gasteiger partial charge < -0.3 is 15.8 Å². The second-order valence-corrected chi connectivity index (χ2v) is 9.50. The fourth-order valence-corrected chi connectivity index (χ4v) is 5.24. The summed E-state index contributed by atoms with van der Waals surface area (Å²) in [7, 11) is -3.72. The monoisotopic (exact) mass is 440 g/mol. The van der Waals surface area contributed by atoms with Crippen LogP contribution in [0.25, 0.3) is 10.9 Å². The summed E-state index contributed by atoms with van der Waals surface area (Å²) in [6.45, 7) is 5.08. The Balaban J connectivity index is 1.91. The van der Waals surface area contributed by atoms with E-state index in [2.05, 4.69) is 10.3 Å². The van der Waals surface area contributed by atoms with Crippen LogP contribution in [0.5, 0.6) is 0 Å². The Morgan fingerprint density at radius 1 is 1.16 bits per heavy atom. The van der Waals surface area contributed by atoms with Crippen LogP contribution >= 0.6 is 0 Å². The van der Waals surface area contributed by atoms with Crippen molar-refractivity contribution in [2.45, 2.75) is 18.7 Å². The number of hydrogen-bond donors (Lipinski definition) is 2. The summed E-state index contributed by atoms with van der Waals surface area (Å²) in [5.41, 5.74) is 9.32.